The van der Waals surface area contributed by atoms with Crippen LogP contribution >= 0.6 is 0 Å². The largest absolute Gasteiger partial charge is 0.481 e. The molecule has 0 aliphatic heterocycles. The second-order valence-electron chi connectivity index (χ2n) is 1.29. The Bertz CT molecular complexity index is 99.8. The van der Waals surface area contributed by atoms with Crippen LogP contribution in [0, 0.1) is 0 Å². The number of aliphatic carboxylic acids is 2. The minimum Gasteiger partial charge on any atom is -0.481 e. The van der Waals surface area contributed by atoms with Crippen LogP contribution in [0.5, 0.6) is 0 Å². The first-order chi connectivity index (χ1) is 3.63. The van der Waals surface area contributed by atoms with Gasteiger partial charge < -0.3 is 10.2 Å². The Morgan fingerprint density at radius 3 is 1.20 bits per heavy atom. The molecule has 0 amide bonds. The van der Waals surface area contributed by atoms with Crippen LogP contribution in [-0.4, -0.2) is 125 Å². The van der Waals surface area contributed by atoms with E-state index >= 15 is 0 Å². The quantitative estimate of drug-likeness (QED) is 0.578. The third kappa shape index (κ3) is 16.7. The summed E-state index contributed by atoms with van der Waals surface area (Å²) in [7, 11) is 0. The molecule has 0 atom stereocenters. The van der Waals surface area contributed by atoms with E-state index in [1.807, 2.05) is 0 Å². The molecule has 0 rings (SSSR count). The molecule has 0 aromatic rings. The first-order valence-electron chi connectivity index (χ1n) is 2.06. The fourth-order valence-corrected chi connectivity index (χ4v) is 0.214. The Kier molecular flexibility index (Phi) is 20.3. The van der Waals surface area contributed by atoms with Gasteiger partial charge in [-0.1, -0.05) is 0 Å². The van der Waals surface area contributed by atoms with Crippen LogP contribution in [0.15, 0.2) is 0 Å². The van der Waals surface area contributed by atoms with Crippen molar-refractivity contribution in [2.24, 2.45) is 0 Å². The maximum Gasteiger partial charge on any atom is 0.303 e. The number of hydrogen-bond acceptors (Lipinski definition) is 2. The summed E-state index contributed by atoms with van der Waals surface area (Å²) in [5.74, 6) is -2.15. The Labute approximate surface area is 144 Å². The van der Waals surface area contributed by atoms with Crippen molar-refractivity contribution in [1.82, 2.24) is 0 Å². The van der Waals surface area contributed by atoms with E-state index in [1.165, 1.54) is 0 Å². The molecule has 0 aliphatic rings. The molecule has 0 saturated carbocycles. The van der Waals surface area contributed by atoms with E-state index in [2.05, 4.69) is 0 Å². The summed E-state index contributed by atoms with van der Waals surface area (Å²) >= 11 is 0. The third-order valence-corrected chi connectivity index (χ3v) is 0.553. The second-order valence-corrected chi connectivity index (χ2v) is 1.29. The molecular formula is C4H6K2O4. The van der Waals surface area contributed by atoms with Crippen molar-refractivity contribution in [2.45, 2.75) is 12.8 Å². The predicted molar refractivity (Wildman–Crippen MR) is 36.0 cm³/mol. The van der Waals surface area contributed by atoms with E-state index in [9.17, 15) is 9.59 Å². The van der Waals surface area contributed by atoms with Crippen LogP contribution in [0.4, 0.5) is 0 Å². The molecule has 4 nitrogen and oxygen atoms in total. The van der Waals surface area contributed by atoms with Crippen LogP contribution in [0.3, 0.4) is 0 Å². The summed E-state index contributed by atoms with van der Waals surface area (Å²) in [6.45, 7) is 0. The standard InChI is InChI=1S/C4H6O4.2K/c5-3(6)1-2-4(7)8;;/h1-2H2,(H,5,6)(H,7,8);;. The summed E-state index contributed by atoms with van der Waals surface area (Å²) in [5, 5.41) is 15.8. The van der Waals surface area contributed by atoms with Gasteiger partial charge in [0.1, 0.15) is 0 Å². The van der Waals surface area contributed by atoms with Gasteiger partial charge in [-0.15, -0.1) is 0 Å². The monoisotopic (exact) mass is 196 g/mol. The number of carboxylic acids is 2. The molecule has 2 radical (unpaired) electrons. The zero-order valence-corrected chi connectivity index (χ0v) is 12.4. The van der Waals surface area contributed by atoms with Gasteiger partial charge in [0.15, 0.2) is 0 Å². The summed E-state index contributed by atoms with van der Waals surface area (Å²) in [4.78, 5) is 19.3. The molecule has 0 heterocycles. The number of rotatable bonds is 3. The minimum atomic E-state index is -1.08. The number of carbonyl (C=O) groups is 2. The predicted octanol–water partition coefficient (Wildman–Crippen LogP) is -0.826. The Balaban J connectivity index is -0.000000245. The first-order valence-corrected chi connectivity index (χ1v) is 2.06. The molecule has 0 unspecified atom stereocenters. The van der Waals surface area contributed by atoms with E-state index in [0.717, 1.165) is 0 Å². The van der Waals surface area contributed by atoms with Gasteiger partial charge in [-0.2, -0.15) is 0 Å². The molecule has 0 bridgehead atoms. The zero-order valence-electron chi connectivity index (χ0n) is 6.13. The van der Waals surface area contributed by atoms with E-state index in [-0.39, 0.29) is 116 Å². The molecule has 6 heteroatoms. The molecule has 0 saturated heterocycles. The van der Waals surface area contributed by atoms with E-state index in [4.69, 9.17) is 10.2 Å². The van der Waals surface area contributed by atoms with Gasteiger partial charge in [-0.25, -0.2) is 0 Å². The van der Waals surface area contributed by atoms with Gasteiger partial charge in [-0.3, -0.25) is 9.59 Å². The average molecular weight is 196 g/mol. The van der Waals surface area contributed by atoms with E-state index in [0.29, 0.717) is 0 Å². The maximum atomic E-state index is 9.64. The summed E-state index contributed by atoms with van der Waals surface area (Å²) < 4.78 is 0. The average Bonchev–Trinajstić information content (AvgIpc) is 1.61. The molecule has 0 aromatic carbocycles. The molecule has 0 spiro atoms. The van der Waals surface area contributed by atoms with Crippen molar-refractivity contribution in [2.75, 3.05) is 0 Å². The van der Waals surface area contributed by atoms with Gasteiger partial charge in [0.2, 0.25) is 0 Å². The van der Waals surface area contributed by atoms with Gasteiger partial charge in [0.25, 0.3) is 0 Å². The normalized spacial score (nSPS) is 6.80. The molecule has 0 aliphatic carbocycles. The summed E-state index contributed by atoms with van der Waals surface area (Å²) in [6.07, 6.45) is -0.593. The van der Waals surface area contributed by atoms with Crippen molar-refractivity contribution in [3.8, 4) is 0 Å². The topological polar surface area (TPSA) is 74.6 Å². The molecule has 0 fully saturated rings. The first kappa shape index (κ1) is 18.1. The number of hydrogen-bond donors (Lipinski definition) is 2. The van der Waals surface area contributed by atoms with Crippen molar-refractivity contribution in [3.05, 3.63) is 0 Å². The molecule has 2 N–H and O–H groups in total. The third-order valence-electron chi connectivity index (χ3n) is 0.553. The number of carboxylic acid groups (broad SMARTS) is 2. The van der Waals surface area contributed by atoms with Crippen molar-refractivity contribution < 1.29 is 19.8 Å². The van der Waals surface area contributed by atoms with Crippen molar-refractivity contribution >= 4 is 115 Å². The Hall–Kier alpha value is 2.21. The minimum absolute atomic E-state index is 0. The van der Waals surface area contributed by atoms with Gasteiger partial charge >= 0.3 is 11.9 Å². The van der Waals surface area contributed by atoms with Crippen LogP contribution in [-0.2, 0) is 9.59 Å². The smallest absolute Gasteiger partial charge is 0.303 e. The Morgan fingerprint density at radius 1 is 0.900 bits per heavy atom. The van der Waals surface area contributed by atoms with Crippen LogP contribution < -0.4 is 0 Å². The van der Waals surface area contributed by atoms with Crippen LogP contribution in [0.25, 0.3) is 0 Å². The van der Waals surface area contributed by atoms with Crippen molar-refractivity contribution in [3.63, 3.8) is 0 Å². The maximum absolute atomic E-state index is 9.64. The summed E-state index contributed by atoms with van der Waals surface area (Å²) in [5.41, 5.74) is 0. The van der Waals surface area contributed by atoms with Gasteiger partial charge in [0, 0.05) is 103 Å². The van der Waals surface area contributed by atoms with Crippen molar-refractivity contribution in [1.29, 1.82) is 0 Å². The summed E-state index contributed by atoms with van der Waals surface area (Å²) in [6, 6.07) is 0. The fraction of sp³-hybridized carbons (Fsp3) is 0.500. The second kappa shape index (κ2) is 11.2. The van der Waals surface area contributed by atoms with Crippen LogP contribution in [0.2, 0.25) is 0 Å². The van der Waals surface area contributed by atoms with E-state index < -0.39 is 11.9 Å². The molecular weight excluding hydrogens is 190 g/mol. The van der Waals surface area contributed by atoms with Crippen LogP contribution in [0.1, 0.15) is 12.8 Å². The Morgan fingerprint density at radius 2 is 1.10 bits per heavy atom. The van der Waals surface area contributed by atoms with Gasteiger partial charge in [-0.05, 0) is 0 Å². The zero-order chi connectivity index (χ0) is 6.57. The molecule has 10 heavy (non-hydrogen) atoms. The SMILES string of the molecule is O=C(O)CCC(=O)O.[K].[K]. The molecule has 48 valence electrons. The van der Waals surface area contributed by atoms with E-state index in [1.54, 1.807) is 0 Å². The fourth-order valence-electron chi connectivity index (χ4n) is 0.214. The van der Waals surface area contributed by atoms with Gasteiger partial charge in [0.05, 0.1) is 12.8 Å². The molecule has 0 aromatic heterocycles.